The molecule has 0 aliphatic carbocycles. The van der Waals surface area contributed by atoms with Crippen molar-refractivity contribution in [3.63, 3.8) is 0 Å². The van der Waals surface area contributed by atoms with Crippen molar-refractivity contribution >= 4 is 0 Å². The van der Waals surface area contributed by atoms with Gasteiger partial charge in [-0.25, -0.2) is 9.97 Å². The van der Waals surface area contributed by atoms with E-state index in [-0.39, 0.29) is 0 Å². The molecule has 72 valence electrons. The molecule has 13 heavy (non-hydrogen) atoms. The molecule has 0 spiro atoms. The molecule has 1 heterocycles. The highest BCUT2D eigenvalue weighted by molar-refractivity contribution is 5.04. The minimum atomic E-state index is -0.560. The first kappa shape index (κ1) is 10.1. The summed E-state index contributed by atoms with van der Waals surface area (Å²) in [5.41, 5.74) is 5.52. The fourth-order valence-electron chi connectivity index (χ4n) is 1.14. The van der Waals surface area contributed by atoms with E-state index in [1.54, 1.807) is 25.6 Å². The van der Waals surface area contributed by atoms with Crippen LogP contribution in [0.25, 0.3) is 0 Å². The SMILES string of the molecule is CCC(N)(COC)c1ncccn1. The Bertz CT molecular complexity index is 252. The van der Waals surface area contributed by atoms with Gasteiger partial charge in [0.15, 0.2) is 0 Å². The Morgan fingerprint density at radius 1 is 1.46 bits per heavy atom. The fourth-order valence-corrected chi connectivity index (χ4v) is 1.14. The lowest BCUT2D eigenvalue weighted by atomic mass is 9.98. The Morgan fingerprint density at radius 2 is 2.08 bits per heavy atom. The first-order chi connectivity index (χ1) is 6.23. The number of nitrogens with zero attached hydrogens (tertiary/aromatic N) is 2. The predicted octanol–water partition coefficient (Wildman–Crippen LogP) is 0.687. The van der Waals surface area contributed by atoms with E-state index in [0.29, 0.717) is 12.4 Å². The van der Waals surface area contributed by atoms with Crippen LogP contribution in [0.1, 0.15) is 19.2 Å². The smallest absolute Gasteiger partial charge is 0.150 e. The molecule has 0 amide bonds. The topological polar surface area (TPSA) is 61.0 Å². The molecule has 4 heteroatoms. The zero-order valence-electron chi connectivity index (χ0n) is 8.03. The molecule has 0 saturated heterocycles. The Hall–Kier alpha value is -1.00. The molecular formula is C9H15N3O. The number of methoxy groups -OCH3 is 1. The van der Waals surface area contributed by atoms with Crippen LogP contribution < -0.4 is 5.73 Å². The van der Waals surface area contributed by atoms with Crippen LogP contribution >= 0.6 is 0 Å². The summed E-state index contributed by atoms with van der Waals surface area (Å²) in [6, 6.07) is 1.77. The molecule has 0 saturated carbocycles. The Labute approximate surface area is 78.1 Å². The van der Waals surface area contributed by atoms with Crippen molar-refractivity contribution < 1.29 is 4.74 Å². The van der Waals surface area contributed by atoms with Gasteiger partial charge in [-0.2, -0.15) is 0 Å². The normalized spacial score (nSPS) is 15.3. The largest absolute Gasteiger partial charge is 0.382 e. The third kappa shape index (κ3) is 2.23. The van der Waals surface area contributed by atoms with Gasteiger partial charge in [-0.05, 0) is 12.5 Å². The molecule has 1 unspecified atom stereocenters. The molecule has 0 fully saturated rings. The number of nitrogens with two attached hydrogens (primary N) is 1. The molecule has 0 aliphatic heterocycles. The molecule has 0 bridgehead atoms. The lowest BCUT2D eigenvalue weighted by Crippen LogP contribution is -2.42. The highest BCUT2D eigenvalue weighted by atomic mass is 16.5. The summed E-state index contributed by atoms with van der Waals surface area (Å²) >= 11 is 0. The van der Waals surface area contributed by atoms with Crippen LogP contribution in [0.15, 0.2) is 18.5 Å². The second-order valence-corrected chi connectivity index (χ2v) is 3.02. The maximum atomic E-state index is 6.08. The third-order valence-corrected chi connectivity index (χ3v) is 2.04. The summed E-state index contributed by atoms with van der Waals surface area (Å²) in [7, 11) is 1.63. The average Bonchev–Trinajstić information content (AvgIpc) is 2.19. The average molecular weight is 181 g/mol. The van der Waals surface area contributed by atoms with Crippen molar-refractivity contribution in [2.75, 3.05) is 13.7 Å². The summed E-state index contributed by atoms with van der Waals surface area (Å²) in [6.45, 7) is 2.43. The summed E-state index contributed by atoms with van der Waals surface area (Å²) in [4.78, 5) is 8.25. The molecule has 4 nitrogen and oxygen atoms in total. The molecule has 1 aromatic rings. The first-order valence-corrected chi connectivity index (χ1v) is 4.28. The van der Waals surface area contributed by atoms with E-state index in [9.17, 15) is 0 Å². The molecule has 1 atom stereocenters. The van der Waals surface area contributed by atoms with Gasteiger partial charge in [-0.1, -0.05) is 6.92 Å². The monoisotopic (exact) mass is 181 g/mol. The zero-order chi connectivity index (χ0) is 9.73. The van der Waals surface area contributed by atoms with E-state index in [1.165, 1.54) is 0 Å². The van der Waals surface area contributed by atoms with Crippen LogP contribution in [-0.4, -0.2) is 23.7 Å². The van der Waals surface area contributed by atoms with E-state index in [2.05, 4.69) is 9.97 Å². The van der Waals surface area contributed by atoms with Crippen molar-refractivity contribution in [1.29, 1.82) is 0 Å². The number of hydrogen-bond donors (Lipinski definition) is 1. The predicted molar refractivity (Wildman–Crippen MR) is 50.1 cm³/mol. The number of hydrogen-bond acceptors (Lipinski definition) is 4. The Balaban J connectivity index is 2.89. The van der Waals surface area contributed by atoms with Gasteiger partial charge in [-0.15, -0.1) is 0 Å². The summed E-state index contributed by atoms with van der Waals surface area (Å²) in [5, 5.41) is 0. The highest BCUT2D eigenvalue weighted by Crippen LogP contribution is 2.17. The third-order valence-electron chi connectivity index (χ3n) is 2.04. The molecule has 1 rings (SSSR count). The minimum absolute atomic E-state index is 0.438. The van der Waals surface area contributed by atoms with Gasteiger partial charge in [0.1, 0.15) is 5.82 Å². The Kier molecular flexibility index (Phi) is 3.33. The van der Waals surface area contributed by atoms with Crippen LogP contribution in [0.5, 0.6) is 0 Å². The van der Waals surface area contributed by atoms with Gasteiger partial charge in [0.2, 0.25) is 0 Å². The highest BCUT2D eigenvalue weighted by Gasteiger charge is 2.27. The van der Waals surface area contributed by atoms with E-state index in [4.69, 9.17) is 10.5 Å². The lowest BCUT2D eigenvalue weighted by molar-refractivity contribution is 0.124. The number of ether oxygens (including phenoxy) is 1. The standard InChI is InChI=1S/C9H15N3O/c1-3-9(10,7-13-2)8-11-5-4-6-12-8/h4-6H,3,7,10H2,1-2H3. The van der Waals surface area contributed by atoms with E-state index >= 15 is 0 Å². The summed E-state index contributed by atoms with van der Waals surface area (Å²) in [5.74, 6) is 0.638. The van der Waals surface area contributed by atoms with Gasteiger partial charge >= 0.3 is 0 Å². The molecule has 2 N–H and O–H groups in total. The van der Waals surface area contributed by atoms with E-state index < -0.39 is 5.54 Å². The number of aromatic nitrogens is 2. The molecular weight excluding hydrogens is 166 g/mol. The van der Waals surface area contributed by atoms with Gasteiger partial charge in [0.05, 0.1) is 12.1 Å². The zero-order valence-corrected chi connectivity index (χ0v) is 8.03. The van der Waals surface area contributed by atoms with Gasteiger partial charge in [-0.3, -0.25) is 0 Å². The van der Waals surface area contributed by atoms with Crippen LogP contribution in [0, 0.1) is 0 Å². The van der Waals surface area contributed by atoms with Crippen LogP contribution in [0.3, 0.4) is 0 Å². The van der Waals surface area contributed by atoms with Gasteiger partial charge in [0, 0.05) is 19.5 Å². The van der Waals surface area contributed by atoms with Crippen molar-refractivity contribution in [2.45, 2.75) is 18.9 Å². The van der Waals surface area contributed by atoms with Crippen molar-refractivity contribution in [3.8, 4) is 0 Å². The van der Waals surface area contributed by atoms with Gasteiger partial charge < -0.3 is 10.5 Å². The molecule has 1 aromatic heterocycles. The maximum Gasteiger partial charge on any atom is 0.150 e. The van der Waals surface area contributed by atoms with Crippen molar-refractivity contribution in [2.24, 2.45) is 5.73 Å². The molecule has 0 aromatic carbocycles. The van der Waals surface area contributed by atoms with Crippen molar-refractivity contribution in [1.82, 2.24) is 9.97 Å². The first-order valence-electron chi connectivity index (χ1n) is 4.28. The molecule has 0 aliphatic rings. The fraction of sp³-hybridized carbons (Fsp3) is 0.556. The van der Waals surface area contributed by atoms with Crippen LogP contribution in [0.4, 0.5) is 0 Å². The van der Waals surface area contributed by atoms with E-state index in [1.807, 2.05) is 6.92 Å². The van der Waals surface area contributed by atoms with Gasteiger partial charge in [0.25, 0.3) is 0 Å². The summed E-state index contributed by atoms with van der Waals surface area (Å²) in [6.07, 6.45) is 4.13. The number of rotatable bonds is 4. The van der Waals surface area contributed by atoms with E-state index in [0.717, 1.165) is 6.42 Å². The van der Waals surface area contributed by atoms with Crippen molar-refractivity contribution in [3.05, 3.63) is 24.3 Å². The van der Waals surface area contributed by atoms with Crippen LogP contribution in [-0.2, 0) is 10.3 Å². The van der Waals surface area contributed by atoms with Crippen LogP contribution in [0.2, 0.25) is 0 Å². The molecule has 0 radical (unpaired) electrons. The second-order valence-electron chi connectivity index (χ2n) is 3.02. The Morgan fingerprint density at radius 3 is 2.54 bits per heavy atom. The maximum absolute atomic E-state index is 6.08. The minimum Gasteiger partial charge on any atom is -0.382 e. The summed E-state index contributed by atoms with van der Waals surface area (Å²) < 4.78 is 5.05. The quantitative estimate of drug-likeness (QED) is 0.742. The lowest BCUT2D eigenvalue weighted by Gasteiger charge is -2.24. The second kappa shape index (κ2) is 4.30.